The van der Waals surface area contributed by atoms with Gasteiger partial charge in [-0.1, -0.05) is 183 Å². The molecule has 0 saturated carbocycles. The monoisotopic (exact) mass is 817 g/mol. The van der Waals surface area contributed by atoms with Crippen LogP contribution in [0.2, 0.25) is 0 Å². The molecule has 0 heterocycles. The Hall–Kier alpha value is -3.92. The van der Waals surface area contributed by atoms with E-state index in [4.69, 9.17) is 0 Å². The maximum Gasteiger partial charge on any atom is 0.122 e. The number of aromatic hydroxyl groups is 4. The number of unbranched alkanes of at least 4 members (excludes halogenated alkanes) is 4. The van der Waals surface area contributed by atoms with E-state index in [0.717, 1.165) is 144 Å². The Morgan fingerprint density at radius 2 is 0.467 bits per heavy atom. The van der Waals surface area contributed by atoms with Crippen LogP contribution >= 0.6 is 0 Å². The first-order chi connectivity index (χ1) is 28.2. The fraction of sp³-hybridized carbons (Fsp3) is 0.571. The van der Waals surface area contributed by atoms with Gasteiger partial charge in [-0.3, -0.25) is 0 Å². The summed E-state index contributed by atoms with van der Waals surface area (Å²) in [4.78, 5) is 0. The van der Waals surface area contributed by atoms with Gasteiger partial charge in [-0.2, -0.15) is 0 Å². The Morgan fingerprint density at radius 3 is 0.600 bits per heavy atom. The van der Waals surface area contributed by atoms with Gasteiger partial charge in [0.25, 0.3) is 0 Å². The molecule has 1 aliphatic rings. The predicted octanol–water partition coefficient (Wildman–Crippen LogP) is 15.1. The summed E-state index contributed by atoms with van der Waals surface area (Å²) < 4.78 is 0. The molecule has 0 spiro atoms. The van der Waals surface area contributed by atoms with Crippen molar-refractivity contribution in [2.75, 3.05) is 0 Å². The Morgan fingerprint density at radius 1 is 0.317 bits per heavy atom. The molecule has 0 fully saturated rings. The summed E-state index contributed by atoms with van der Waals surface area (Å²) >= 11 is 0. The summed E-state index contributed by atoms with van der Waals surface area (Å²) in [5.74, 6) is 0.915. The summed E-state index contributed by atoms with van der Waals surface area (Å²) in [5, 5.41) is 49.5. The highest BCUT2D eigenvalue weighted by Crippen LogP contribution is 2.45. The Balaban J connectivity index is 1.88. The van der Waals surface area contributed by atoms with Crippen LogP contribution < -0.4 is 0 Å². The van der Waals surface area contributed by atoms with Crippen LogP contribution in [0, 0.1) is 0 Å². The number of rotatable bonds is 16. The van der Waals surface area contributed by atoms with Gasteiger partial charge in [0.15, 0.2) is 0 Å². The number of phenols is 4. The third-order valence-electron chi connectivity index (χ3n) is 14.3. The molecule has 1 aliphatic carbocycles. The molecule has 4 aromatic rings. The van der Waals surface area contributed by atoms with E-state index in [9.17, 15) is 20.4 Å². The largest absolute Gasteiger partial charge is 0.507 e. The van der Waals surface area contributed by atoms with Gasteiger partial charge in [0, 0.05) is 25.7 Å². The van der Waals surface area contributed by atoms with Crippen molar-refractivity contribution in [1.82, 2.24) is 0 Å². The van der Waals surface area contributed by atoms with Gasteiger partial charge in [0.05, 0.1) is 0 Å². The first-order valence-corrected chi connectivity index (χ1v) is 23.6. The van der Waals surface area contributed by atoms with Crippen LogP contribution in [0.5, 0.6) is 23.0 Å². The topological polar surface area (TPSA) is 80.9 Å². The Bertz CT molecular complexity index is 1720. The average molecular weight is 817 g/mol. The Labute approximate surface area is 364 Å². The number of fused-ring (bicyclic) bond motifs is 8. The molecule has 4 heteroatoms. The van der Waals surface area contributed by atoms with Crippen LogP contribution in [0.15, 0.2) is 48.5 Å². The van der Waals surface area contributed by atoms with E-state index in [2.05, 4.69) is 132 Å². The van der Waals surface area contributed by atoms with Crippen LogP contribution in [0.25, 0.3) is 0 Å². The highest BCUT2D eigenvalue weighted by molar-refractivity contribution is 5.59. The minimum absolute atomic E-state index is 0.148. The van der Waals surface area contributed by atoms with Crippen molar-refractivity contribution in [1.29, 1.82) is 0 Å². The van der Waals surface area contributed by atoms with Gasteiger partial charge in [-0.05, 0) is 114 Å². The number of phenolic OH excluding ortho intramolecular Hbond substituents is 4. The fourth-order valence-corrected chi connectivity index (χ4v) is 9.55. The van der Waals surface area contributed by atoms with Gasteiger partial charge < -0.3 is 20.4 Å². The first-order valence-electron chi connectivity index (χ1n) is 23.6. The maximum absolute atomic E-state index is 12.4. The molecule has 0 aliphatic heterocycles. The molecule has 4 nitrogen and oxygen atoms in total. The highest BCUT2D eigenvalue weighted by Gasteiger charge is 2.30. The lowest BCUT2D eigenvalue weighted by atomic mass is 9.75. The summed E-state index contributed by atoms with van der Waals surface area (Å²) in [6.45, 7) is 27.3. The van der Waals surface area contributed by atoms with E-state index >= 15 is 0 Å². The quantitative estimate of drug-likeness (QED) is 0.0800. The molecule has 4 N–H and O–H groups in total. The fourth-order valence-electron chi connectivity index (χ4n) is 9.55. The molecule has 0 aromatic heterocycles. The van der Waals surface area contributed by atoms with Crippen LogP contribution in [-0.4, -0.2) is 20.4 Å². The molecule has 328 valence electrons. The van der Waals surface area contributed by atoms with E-state index in [0.29, 0.717) is 25.7 Å². The molecule has 5 rings (SSSR count). The average Bonchev–Trinajstić information content (AvgIpc) is 3.19. The highest BCUT2D eigenvalue weighted by atomic mass is 16.3. The zero-order valence-corrected chi connectivity index (χ0v) is 39.7. The minimum atomic E-state index is -0.148. The lowest BCUT2D eigenvalue weighted by molar-refractivity contribution is 0.438. The standard InChI is InChI=1S/C56H80O4/c1-13-17-21-53(5,6)45-29-37-25-39-31-46(54(7,8)22-18-14-2)33-41(50(39)58)27-43-35-48(56(11,12)24-20-16-4)36-44(52(43)60)28-42-34-47(55(9,10)23-19-15-3)32-40(51(42)59)26-38(30-45)49(37)57/h29-36,57-60H,13-28H2,1-12H3. The molecular weight excluding hydrogens is 737 g/mol. The van der Waals surface area contributed by atoms with Crippen molar-refractivity contribution in [3.8, 4) is 23.0 Å². The Kier molecular flexibility index (Phi) is 14.9. The SMILES string of the molecule is CCCCC(C)(C)c1cc2c(O)c(c1)Cc1cc(C(C)(C)CCCC)cc(c1O)Cc1cc(C(C)(C)CCCC)cc(c1O)Cc1cc(C(C)(C)CCCC)cc(c1O)C2. The van der Waals surface area contributed by atoms with E-state index < -0.39 is 0 Å². The summed E-state index contributed by atoms with van der Waals surface area (Å²) in [6, 6.07) is 17.3. The molecule has 0 unspecified atom stereocenters. The van der Waals surface area contributed by atoms with E-state index in [1.807, 2.05) is 0 Å². The number of hydrogen-bond donors (Lipinski definition) is 4. The lowest BCUT2D eigenvalue weighted by Gasteiger charge is -2.30. The zero-order chi connectivity index (χ0) is 44.2. The van der Waals surface area contributed by atoms with Crippen LogP contribution in [0.1, 0.15) is 227 Å². The summed E-state index contributed by atoms with van der Waals surface area (Å²) in [5.41, 5.74) is 10.3. The van der Waals surface area contributed by atoms with Gasteiger partial charge in [0.1, 0.15) is 23.0 Å². The van der Waals surface area contributed by atoms with Gasteiger partial charge in [-0.25, -0.2) is 0 Å². The molecule has 60 heavy (non-hydrogen) atoms. The summed E-state index contributed by atoms with van der Waals surface area (Å²) in [7, 11) is 0. The second-order valence-electron chi connectivity index (χ2n) is 21.2. The van der Waals surface area contributed by atoms with Crippen molar-refractivity contribution in [2.45, 2.75) is 207 Å². The molecule has 0 atom stereocenters. The van der Waals surface area contributed by atoms with Crippen LogP contribution in [0.4, 0.5) is 0 Å². The number of benzene rings is 4. The summed E-state index contributed by atoms with van der Waals surface area (Å²) in [6.07, 6.45) is 14.3. The normalized spacial score (nSPS) is 13.8. The lowest BCUT2D eigenvalue weighted by Crippen LogP contribution is -2.20. The van der Waals surface area contributed by atoms with Crippen LogP contribution in [-0.2, 0) is 47.3 Å². The van der Waals surface area contributed by atoms with Gasteiger partial charge >= 0.3 is 0 Å². The second-order valence-corrected chi connectivity index (χ2v) is 21.2. The zero-order valence-electron chi connectivity index (χ0n) is 39.7. The molecular formula is C56H80O4. The third-order valence-corrected chi connectivity index (χ3v) is 14.3. The van der Waals surface area contributed by atoms with Gasteiger partial charge in [-0.15, -0.1) is 0 Å². The second kappa shape index (κ2) is 19.0. The van der Waals surface area contributed by atoms with Crippen molar-refractivity contribution < 1.29 is 20.4 Å². The van der Waals surface area contributed by atoms with Crippen molar-refractivity contribution in [3.05, 3.63) is 115 Å². The smallest absolute Gasteiger partial charge is 0.122 e. The third kappa shape index (κ3) is 10.6. The number of hydrogen-bond acceptors (Lipinski definition) is 4. The predicted molar refractivity (Wildman–Crippen MR) is 254 cm³/mol. The van der Waals surface area contributed by atoms with Crippen molar-refractivity contribution >= 4 is 0 Å². The molecule has 8 bridgehead atoms. The van der Waals surface area contributed by atoms with Crippen molar-refractivity contribution in [3.63, 3.8) is 0 Å². The van der Waals surface area contributed by atoms with Gasteiger partial charge in [0.2, 0.25) is 0 Å². The minimum Gasteiger partial charge on any atom is -0.507 e. The molecule has 4 aromatic carbocycles. The first kappa shape index (κ1) is 47.1. The van der Waals surface area contributed by atoms with Crippen LogP contribution in [0.3, 0.4) is 0 Å². The molecule has 0 radical (unpaired) electrons. The van der Waals surface area contributed by atoms with E-state index in [1.165, 1.54) is 0 Å². The van der Waals surface area contributed by atoms with Crippen molar-refractivity contribution in [2.24, 2.45) is 0 Å². The molecule has 0 saturated heterocycles. The molecule has 0 amide bonds. The van der Waals surface area contributed by atoms with E-state index in [-0.39, 0.29) is 44.7 Å². The van der Waals surface area contributed by atoms with E-state index in [1.54, 1.807) is 0 Å². The maximum atomic E-state index is 12.4.